The third kappa shape index (κ3) is 3.77. The number of rotatable bonds is 6. The first-order chi connectivity index (χ1) is 7.52. The summed E-state index contributed by atoms with van der Waals surface area (Å²) in [6.07, 6.45) is 4.73. The van der Waals surface area contributed by atoms with E-state index in [4.69, 9.17) is 0 Å². The van der Waals surface area contributed by atoms with Gasteiger partial charge in [-0.05, 0) is 13.5 Å². The van der Waals surface area contributed by atoms with Crippen molar-refractivity contribution in [2.24, 2.45) is 13.0 Å². The predicted molar refractivity (Wildman–Crippen MR) is 64.0 cm³/mol. The highest BCUT2D eigenvalue weighted by Crippen LogP contribution is 2.06. The zero-order valence-corrected chi connectivity index (χ0v) is 10.6. The average molecular weight is 223 g/mol. The van der Waals surface area contributed by atoms with Gasteiger partial charge in [0.15, 0.2) is 0 Å². The van der Waals surface area contributed by atoms with Crippen molar-refractivity contribution in [1.29, 1.82) is 0 Å². The van der Waals surface area contributed by atoms with Gasteiger partial charge in [-0.15, -0.1) is 0 Å². The van der Waals surface area contributed by atoms with Crippen LogP contribution in [0.25, 0.3) is 0 Å². The largest absolute Gasteiger partial charge is 0.298 e. The van der Waals surface area contributed by atoms with E-state index in [0.29, 0.717) is 12.3 Å². The summed E-state index contributed by atoms with van der Waals surface area (Å²) in [4.78, 5) is 13.8. The summed E-state index contributed by atoms with van der Waals surface area (Å²) in [5.41, 5.74) is 1.14. The van der Waals surface area contributed by atoms with Gasteiger partial charge in [0.05, 0.1) is 12.7 Å². The molecule has 0 radical (unpaired) electrons. The van der Waals surface area contributed by atoms with Crippen LogP contribution in [0.5, 0.6) is 0 Å². The van der Waals surface area contributed by atoms with Gasteiger partial charge in [-0.25, -0.2) is 0 Å². The van der Waals surface area contributed by atoms with Crippen LogP contribution in [0.3, 0.4) is 0 Å². The number of Topliss-reactive ketones (excluding diaryl/α,β-unsaturated/α-hetero) is 1. The molecule has 4 heteroatoms. The number of likely N-dealkylation sites (N-methyl/N-ethyl adjacent to an activating group) is 1. The first kappa shape index (κ1) is 12.9. The second-order valence-electron chi connectivity index (χ2n) is 4.47. The molecule has 0 aromatic carbocycles. The Bertz CT molecular complexity index is 346. The van der Waals surface area contributed by atoms with Crippen LogP contribution in [-0.2, 0) is 18.4 Å². The van der Waals surface area contributed by atoms with E-state index >= 15 is 0 Å². The Morgan fingerprint density at radius 2 is 2.31 bits per heavy atom. The van der Waals surface area contributed by atoms with Gasteiger partial charge < -0.3 is 0 Å². The van der Waals surface area contributed by atoms with Gasteiger partial charge in [0.2, 0.25) is 0 Å². The van der Waals surface area contributed by atoms with Gasteiger partial charge >= 0.3 is 0 Å². The van der Waals surface area contributed by atoms with Crippen LogP contribution in [0.2, 0.25) is 0 Å². The van der Waals surface area contributed by atoms with Crippen molar-refractivity contribution in [1.82, 2.24) is 14.7 Å². The number of nitrogens with zero attached hydrogens (tertiary/aromatic N) is 3. The summed E-state index contributed by atoms with van der Waals surface area (Å²) in [6.45, 7) is 5.32. The van der Waals surface area contributed by atoms with Gasteiger partial charge in [0.1, 0.15) is 5.78 Å². The molecular formula is C12H21N3O. The van der Waals surface area contributed by atoms with Gasteiger partial charge in [-0.2, -0.15) is 5.10 Å². The van der Waals surface area contributed by atoms with E-state index in [0.717, 1.165) is 18.5 Å². The quantitative estimate of drug-likeness (QED) is 0.733. The molecule has 1 aromatic heterocycles. The van der Waals surface area contributed by atoms with Crippen LogP contribution in [0.15, 0.2) is 12.4 Å². The number of ketones is 1. The summed E-state index contributed by atoms with van der Waals surface area (Å²) in [5.74, 6) is 0.477. The SMILES string of the molecule is CCC(C)C(=O)CN(C)Cc1cnn(C)c1. The van der Waals surface area contributed by atoms with Crippen molar-refractivity contribution in [3.63, 3.8) is 0 Å². The van der Waals surface area contributed by atoms with Gasteiger partial charge in [-0.3, -0.25) is 14.4 Å². The zero-order chi connectivity index (χ0) is 12.1. The molecule has 0 bridgehead atoms. The van der Waals surface area contributed by atoms with E-state index in [2.05, 4.69) is 5.10 Å². The molecule has 0 saturated heterocycles. The molecule has 90 valence electrons. The summed E-state index contributed by atoms with van der Waals surface area (Å²) >= 11 is 0. The van der Waals surface area contributed by atoms with Crippen LogP contribution in [0, 0.1) is 5.92 Å². The lowest BCUT2D eigenvalue weighted by Crippen LogP contribution is -2.28. The van der Waals surface area contributed by atoms with E-state index in [1.54, 1.807) is 4.68 Å². The summed E-state index contributed by atoms with van der Waals surface area (Å²) in [5, 5.41) is 4.11. The first-order valence-electron chi connectivity index (χ1n) is 5.71. The number of carbonyl (C=O) groups is 1. The number of hydrogen-bond acceptors (Lipinski definition) is 3. The second-order valence-corrected chi connectivity index (χ2v) is 4.47. The Labute approximate surface area is 97.2 Å². The molecule has 1 heterocycles. The average Bonchev–Trinajstić information content (AvgIpc) is 2.62. The number of carbonyl (C=O) groups excluding carboxylic acids is 1. The number of aromatic nitrogens is 2. The van der Waals surface area contributed by atoms with Crippen molar-refractivity contribution in [3.8, 4) is 0 Å². The standard InChI is InChI=1S/C12H21N3O/c1-5-10(2)12(16)9-14(3)7-11-6-13-15(4)8-11/h6,8,10H,5,7,9H2,1-4H3. The van der Waals surface area contributed by atoms with E-state index in [9.17, 15) is 4.79 Å². The minimum Gasteiger partial charge on any atom is -0.298 e. The third-order valence-electron chi connectivity index (χ3n) is 2.80. The highest BCUT2D eigenvalue weighted by molar-refractivity contribution is 5.82. The highest BCUT2D eigenvalue weighted by atomic mass is 16.1. The monoisotopic (exact) mass is 223 g/mol. The molecule has 0 spiro atoms. The lowest BCUT2D eigenvalue weighted by Gasteiger charge is -2.16. The molecule has 0 aliphatic heterocycles. The summed E-state index contributed by atoms with van der Waals surface area (Å²) in [6, 6.07) is 0. The minimum absolute atomic E-state index is 0.163. The Morgan fingerprint density at radius 3 is 2.81 bits per heavy atom. The molecule has 1 aromatic rings. The first-order valence-corrected chi connectivity index (χ1v) is 5.71. The van der Waals surface area contributed by atoms with Crippen molar-refractivity contribution in [2.45, 2.75) is 26.8 Å². The Morgan fingerprint density at radius 1 is 1.62 bits per heavy atom. The predicted octanol–water partition coefficient (Wildman–Crippen LogP) is 1.47. The van der Waals surface area contributed by atoms with E-state index < -0.39 is 0 Å². The van der Waals surface area contributed by atoms with Gasteiger partial charge in [-0.1, -0.05) is 13.8 Å². The Balaban J connectivity index is 2.41. The van der Waals surface area contributed by atoms with E-state index in [1.165, 1.54) is 0 Å². The Kier molecular flexibility index (Phi) is 4.68. The molecule has 0 aliphatic rings. The van der Waals surface area contributed by atoms with Crippen LogP contribution < -0.4 is 0 Å². The molecule has 1 unspecified atom stereocenters. The lowest BCUT2D eigenvalue weighted by atomic mass is 10.0. The van der Waals surface area contributed by atoms with E-state index in [-0.39, 0.29) is 5.92 Å². The van der Waals surface area contributed by atoms with Gasteiger partial charge in [0, 0.05) is 31.3 Å². The molecule has 4 nitrogen and oxygen atoms in total. The topological polar surface area (TPSA) is 38.1 Å². The lowest BCUT2D eigenvalue weighted by molar-refractivity contribution is -0.123. The van der Waals surface area contributed by atoms with Crippen molar-refractivity contribution >= 4 is 5.78 Å². The van der Waals surface area contributed by atoms with Crippen LogP contribution in [0.4, 0.5) is 0 Å². The second kappa shape index (κ2) is 5.80. The summed E-state index contributed by atoms with van der Waals surface area (Å²) in [7, 11) is 3.86. The molecule has 0 saturated carbocycles. The van der Waals surface area contributed by atoms with Crippen LogP contribution in [0.1, 0.15) is 25.8 Å². The highest BCUT2D eigenvalue weighted by Gasteiger charge is 2.13. The molecule has 0 amide bonds. The van der Waals surface area contributed by atoms with Crippen LogP contribution >= 0.6 is 0 Å². The molecule has 0 aliphatic carbocycles. The fraction of sp³-hybridized carbons (Fsp3) is 0.667. The van der Waals surface area contributed by atoms with Crippen LogP contribution in [-0.4, -0.2) is 34.1 Å². The fourth-order valence-electron chi connectivity index (χ4n) is 1.57. The van der Waals surface area contributed by atoms with Crippen molar-refractivity contribution in [2.75, 3.05) is 13.6 Å². The minimum atomic E-state index is 0.163. The molecule has 16 heavy (non-hydrogen) atoms. The molecule has 0 N–H and O–H groups in total. The third-order valence-corrected chi connectivity index (χ3v) is 2.80. The molecule has 1 atom stereocenters. The van der Waals surface area contributed by atoms with Crippen molar-refractivity contribution in [3.05, 3.63) is 18.0 Å². The van der Waals surface area contributed by atoms with Gasteiger partial charge in [0.25, 0.3) is 0 Å². The van der Waals surface area contributed by atoms with Crippen molar-refractivity contribution < 1.29 is 4.79 Å². The maximum absolute atomic E-state index is 11.7. The normalized spacial score (nSPS) is 13.1. The molecule has 0 fully saturated rings. The summed E-state index contributed by atoms with van der Waals surface area (Å²) < 4.78 is 1.78. The molecule has 1 rings (SSSR count). The maximum Gasteiger partial charge on any atom is 0.149 e. The number of aryl methyl sites for hydroxylation is 1. The number of hydrogen-bond donors (Lipinski definition) is 0. The Hall–Kier alpha value is -1.16. The molecular weight excluding hydrogens is 202 g/mol. The smallest absolute Gasteiger partial charge is 0.149 e. The maximum atomic E-state index is 11.7. The fourth-order valence-corrected chi connectivity index (χ4v) is 1.57. The zero-order valence-electron chi connectivity index (χ0n) is 10.6. The van der Waals surface area contributed by atoms with E-state index in [1.807, 2.05) is 45.2 Å².